The zero-order valence-corrected chi connectivity index (χ0v) is 13.9. The molecule has 3 fully saturated rings. The van der Waals surface area contributed by atoms with E-state index in [4.69, 9.17) is 4.74 Å². The molecule has 3 heterocycles. The lowest BCUT2D eigenvalue weighted by molar-refractivity contribution is 0.0289. The third kappa shape index (κ3) is 4.19. The van der Waals surface area contributed by atoms with Crippen LogP contribution in [0.4, 0.5) is 0 Å². The third-order valence-corrected chi connectivity index (χ3v) is 5.63. The maximum absolute atomic E-state index is 5.47. The fourth-order valence-corrected chi connectivity index (χ4v) is 4.20. The average molecular weight is 295 g/mol. The van der Waals surface area contributed by atoms with Crippen LogP contribution in [-0.2, 0) is 4.74 Å². The van der Waals surface area contributed by atoms with Crippen molar-refractivity contribution in [3.05, 3.63) is 0 Å². The number of hydrogen-bond donors (Lipinski definition) is 1. The van der Waals surface area contributed by atoms with Crippen molar-refractivity contribution >= 4 is 0 Å². The van der Waals surface area contributed by atoms with Gasteiger partial charge in [-0.15, -0.1) is 0 Å². The van der Waals surface area contributed by atoms with Crippen LogP contribution in [0.3, 0.4) is 0 Å². The Kier molecular flexibility index (Phi) is 5.54. The van der Waals surface area contributed by atoms with E-state index >= 15 is 0 Å². The Labute approximate surface area is 130 Å². The lowest BCUT2D eigenvalue weighted by Gasteiger charge is -2.39. The van der Waals surface area contributed by atoms with Crippen LogP contribution < -0.4 is 5.32 Å². The Morgan fingerprint density at radius 1 is 1.10 bits per heavy atom. The van der Waals surface area contributed by atoms with Crippen LogP contribution in [-0.4, -0.2) is 73.9 Å². The Morgan fingerprint density at radius 3 is 2.67 bits per heavy atom. The number of piperidine rings is 1. The van der Waals surface area contributed by atoms with Gasteiger partial charge in [-0.2, -0.15) is 0 Å². The third-order valence-electron chi connectivity index (χ3n) is 5.63. The molecule has 3 aliphatic rings. The van der Waals surface area contributed by atoms with Crippen molar-refractivity contribution in [2.45, 2.75) is 57.7 Å². The van der Waals surface area contributed by atoms with Gasteiger partial charge in [0.2, 0.25) is 0 Å². The highest BCUT2D eigenvalue weighted by molar-refractivity contribution is 4.91. The van der Waals surface area contributed by atoms with Gasteiger partial charge in [-0.05, 0) is 44.7 Å². The minimum absolute atomic E-state index is 0.626. The van der Waals surface area contributed by atoms with Gasteiger partial charge in [0.1, 0.15) is 0 Å². The first-order valence-corrected chi connectivity index (χ1v) is 9.02. The van der Waals surface area contributed by atoms with Crippen molar-refractivity contribution in [2.24, 2.45) is 5.92 Å². The van der Waals surface area contributed by atoms with E-state index in [-0.39, 0.29) is 0 Å². The van der Waals surface area contributed by atoms with E-state index in [2.05, 4.69) is 29.0 Å². The minimum atomic E-state index is 0.626. The van der Waals surface area contributed by atoms with Gasteiger partial charge in [0, 0.05) is 37.8 Å². The Balaban J connectivity index is 1.49. The van der Waals surface area contributed by atoms with Gasteiger partial charge in [-0.3, -0.25) is 4.90 Å². The van der Waals surface area contributed by atoms with Gasteiger partial charge in [0.05, 0.1) is 13.2 Å². The molecule has 0 bridgehead atoms. The van der Waals surface area contributed by atoms with Gasteiger partial charge in [0.25, 0.3) is 0 Å². The lowest BCUT2D eigenvalue weighted by atomic mass is 9.94. The summed E-state index contributed by atoms with van der Waals surface area (Å²) >= 11 is 0. The minimum Gasteiger partial charge on any atom is -0.379 e. The molecule has 21 heavy (non-hydrogen) atoms. The van der Waals surface area contributed by atoms with E-state index < -0.39 is 0 Å². The Bertz CT molecular complexity index is 317. The number of rotatable bonds is 5. The highest BCUT2D eigenvalue weighted by atomic mass is 16.5. The predicted molar refractivity (Wildman–Crippen MR) is 86.6 cm³/mol. The first-order valence-electron chi connectivity index (χ1n) is 9.02. The van der Waals surface area contributed by atoms with E-state index in [1.807, 2.05) is 0 Å². The predicted octanol–water partition coefficient (Wildman–Crippen LogP) is 1.56. The molecular formula is C17H33N3O. The summed E-state index contributed by atoms with van der Waals surface area (Å²) in [6, 6.07) is 2.23. The lowest BCUT2D eigenvalue weighted by Crippen LogP contribution is -2.54. The van der Waals surface area contributed by atoms with Crippen molar-refractivity contribution in [1.82, 2.24) is 15.1 Å². The molecule has 1 N–H and O–H groups in total. The van der Waals surface area contributed by atoms with Crippen molar-refractivity contribution in [1.29, 1.82) is 0 Å². The highest BCUT2D eigenvalue weighted by Gasteiger charge is 2.33. The molecule has 122 valence electrons. The molecule has 0 spiro atoms. The Morgan fingerprint density at radius 2 is 1.90 bits per heavy atom. The second kappa shape index (κ2) is 7.40. The molecule has 0 saturated carbocycles. The first-order chi connectivity index (χ1) is 10.2. The van der Waals surface area contributed by atoms with E-state index in [0.717, 1.165) is 38.4 Å². The van der Waals surface area contributed by atoms with Crippen LogP contribution in [0.25, 0.3) is 0 Å². The second-order valence-electron chi connectivity index (χ2n) is 7.48. The smallest absolute Gasteiger partial charge is 0.0594 e. The van der Waals surface area contributed by atoms with Crippen LogP contribution in [0.15, 0.2) is 0 Å². The zero-order chi connectivity index (χ0) is 14.7. The van der Waals surface area contributed by atoms with Crippen LogP contribution in [0.5, 0.6) is 0 Å². The number of nitrogens with zero attached hydrogens (tertiary/aromatic N) is 2. The van der Waals surface area contributed by atoms with Gasteiger partial charge in [0.15, 0.2) is 0 Å². The topological polar surface area (TPSA) is 27.7 Å². The zero-order valence-electron chi connectivity index (χ0n) is 13.9. The van der Waals surface area contributed by atoms with Crippen molar-refractivity contribution < 1.29 is 4.74 Å². The van der Waals surface area contributed by atoms with Gasteiger partial charge in [-0.25, -0.2) is 0 Å². The van der Waals surface area contributed by atoms with Crippen LogP contribution in [0.2, 0.25) is 0 Å². The van der Waals surface area contributed by atoms with Gasteiger partial charge >= 0.3 is 0 Å². The monoisotopic (exact) mass is 295 g/mol. The quantitative estimate of drug-likeness (QED) is 0.833. The molecule has 0 radical (unpaired) electrons. The van der Waals surface area contributed by atoms with Crippen LogP contribution >= 0.6 is 0 Å². The molecule has 3 aliphatic heterocycles. The summed E-state index contributed by atoms with van der Waals surface area (Å²) in [4.78, 5) is 5.29. The molecule has 4 heteroatoms. The summed E-state index contributed by atoms with van der Waals surface area (Å²) in [6.45, 7) is 12.6. The normalized spacial score (nSPS) is 33.3. The highest BCUT2D eigenvalue weighted by Crippen LogP contribution is 2.27. The SMILES string of the molecule is CC(C)C(CN1CCOCC1)NC1CCN2CCCC2C1. The molecule has 4 nitrogen and oxygen atoms in total. The Hall–Kier alpha value is -0.160. The van der Waals surface area contributed by atoms with Crippen molar-refractivity contribution in [3.63, 3.8) is 0 Å². The van der Waals surface area contributed by atoms with Crippen molar-refractivity contribution in [3.8, 4) is 0 Å². The van der Waals surface area contributed by atoms with Crippen molar-refractivity contribution in [2.75, 3.05) is 45.9 Å². The average Bonchev–Trinajstić information content (AvgIpc) is 2.95. The number of morpholine rings is 1. The molecule has 3 unspecified atom stereocenters. The van der Waals surface area contributed by atoms with E-state index in [9.17, 15) is 0 Å². The summed E-state index contributed by atoms with van der Waals surface area (Å²) in [5.41, 5.74) is 0. The fourth-order valence-electron chi connectivity index (χ4n) is 4.20. The van der Waals surface area contributed by atoms with Gasteiger partial charge in [-0.1, -0.05) is 13.8 Å². The number of nitrogens with one attached hydrogen (secondary N) is 1. The standard InChI is InChI=1S/C17H33N3O/c1-14(2)17(13-19-8-10-21-11-9-19)18-15-5-7-20-6-3-4-16(20)12-15/h14-18H,3-13H2,1-2H3. The van der Waals surface area contributed by atoms with E-state index in [0.29, 0.717) is 12.0 Å². The van der Waals surface area contributed by atoms with E-state index in [1.165, 1.54) is 45.3 Å². The fraction of sp³-hybridized carbons (Fsp3) is 1.00. The molecule has 0 aliphatic carbocycles. The summed E-state index contributed by atoms with van der Waals surface area (Å²) in [5.74, 6) is 0.703. The van der Waals surface area contributed by atoms with E-state index in [1.54, 1.807) is 0 Å². The van der Waals surface area contributed by atoms with Gasteiger partial charge < -0.3 is 15.0 Å². The number of hydrogen-bond acceptors (Lipinski definition) is 4. The summed E-state index contributed by atoms with van der Waals surface area (Å²) in [7, 11) is 0. The maximum atomic E-state index is 5.47. The van der Waals surface area contributed by atoms with Crippen LogP contribution in [0.1, 0.15) is 39.5 Å². The molecule has 0 aromatic rings. The first kappa shape index (κ1) is 15.7. The molecule has 3 rings (SSSR count). The van der Waals surface area contributed by atoms with Crippen LogP contribution in [0, 0.1) is 5.92 Å². The molecule has 0 aromatic carbocycles. The molecular weight excluding hydrogens is 262 g/mol. The summed E-state index contributed by atoms with van der Waals surface area (Å²) < 4.78 is 5.47. The second-order valence-corrected chi connectivity index (χ2v) is 7.48. The maximum Gasteiger partial charge on any atom is 0.0594 e. The number of ether oxygens (including phenoxy) is 1. The largest absolute Gasteiger partial charge is 0.379 e. The molecule has 3 saturated heterocycles. The summed E-state index contributed by atoms with van der Waals surface area (Å²) in [5, 5.41) is 4.01. The molecule has 0 aromatic heterocycles. The molecule has 0 amide bonds. The number of fused-ring (bicyclic) bond motifs is 1. The summed E-state index contributed by atoms with van der Waals surface area (Å²) in [6.07, 6.45) is 5.54. The molecule has 3 atom stereocenters.